The van der Waals surface area contributed by atoms with E-state index < -0.39 is 0 Å². The van der Waals surface area contributed by atoms with Gasteiger partial charge in [-0.05, 0) is 36.1 Å². The zero-order valence-corrected chi connectivity index (χ0v) is 11.5. The van der Waals surface area contributed by atoms with Crippen molar-refractivity contribution in [3.8, 4) is 0 Å². The quantitative estimate of drug-likeness (QED) is 0.755. The maximum atomic E-state index is 12.3. The molecule has 5 nitrogen and oxygen atoms in total. The van der Waals surface area contributed by atoms with Gasteiger partial charge in [-0.25, -0.2) is 9.97 Å². The first-order chi connectivity index (χ1) is 10.1. The Kier molecular flexibility index (Phi) is 3.23. The van der Waals surface area contributed by atoms with Crippen molar-refractivity contribution in [3.05, 3.63) is 59.9 Å². The Labute approximate surface area is 121 Å². The van der Waals surface area contributed by atoms with E-state index in [-0.39, 0.29) is 11.6 Å². The smallest absolute Gasteiger partial charge is 0.275 e. The summed E-state index contributed by atoms with van der Waals surface area (Å²) in [6.45, 7) is 1.93. The largest absolute Gasteiger partial charge is 0.383 e. The third kappa shape index (κ3) is 2.67. The molecule has 5 heteroatoms. The second kappa shape index (κ2) is 5.20. The molecule has 0 unspecified atom stereocenters. The van der Waals surface area contributed by atoms with Crippen LogP contribution in [0.25, 0.3) is 10.8 Å². The number of nitrogens with two attached hydrogens (primary N) is 1. The Morgan fingerprint density at radius 1 is 1.19 bits per heavy atom. The number of benzene rings is 1. The van der Waals surface area contributed by atoms with Crippen molar-refractivity contribution in [2.45, 2.75) is 6.92 Å². The summed E-state index contributed by atoms with van der Waals surface area (Å²) in [5, 5.41) is 4.44. The fraction of sp³-hybridized carbons (Fsp3) is 0.0625. The van der Waals surface area contributed by atoms with Crippen LogP contribution in [0.1, 0.15) is 16.1 Å². The maximum absolute atomic E-state index is 12.3. The van der Waals surface area contributed by atoms with Gasteiger partial charge < -0.3 is 11.1 Å². The monoisotopic (exact) mass is 278 g/mol. The van der Waals surface area contributed by atoms with Crippen molar-refractivity contribution in [1.29, 1.82) is 0 Å². The van der Waals surface area contributed by atoms with Crippen molar-refractivity contribution < 1.29 is 4.79 Å². The van der Waals surface area contributed by atoms with Crippen LogP contribution in [0.15, 0.2) is 48.7 Å². The molecule has 104 valence electrons. The molecule has 0 saturated carbocycles. The van der Waals surface area contributed by atoms with Crippen LogP contribution in [0.3, 0.4) is 0 Å². The zero-order chi connectivity index (χ0) is 14.8. The van der Waals surface area contributed by atoms with E-state index in [2.05, 4.69) is 15.3 Å². The van der Waals surface area contributed by atoms with Crippen LogP contribution in [0, 0.1) is 6.92 Å². The predicted octanol–water partition coefficient (Wildman–Crippen LogP) is 2.77. The summed E-state index contributed by atoms with van der Waals surface area (Å²) in [5.41, 5.74) is 7.20. The van der Waals surface area contributed by atoms with E-state index in [9.17, 15) is 4.79 Å². The minimum absolute atomic E-state index is 0.273. The van der Waals surface area contributed by atoms with E-state index >= 15 is 0 Å². The fourth-order valence-corrected chi connectivity index (χ4v) is 2.13. The van der Waals surface area contributed by atoms with Crippen molar-refractivity contribution in [2.75, 3.05) is 11.1 Å². The molecule has 0 aliphatic rings. The van der Waals surface area contributed by atoms with Crippen molar-refractivity contribution >= 4 is 28.3 Å². The molecule has 0 saturated heterocycles. The molecule has 0 aliphatic heterocycles. The van der Waals surface area contributed by atoms with Crippen LogP contribution in [0.5, 0.6) is 0 Å². The van der Waals surface area contributed by atoms with Gasteiger partial charge in [-0.1, -0.05) is 24.3 Å². The fourth-order valence-electron chi connectivity index (χ4n) is 2.13. The van der Waals surface area contributed by atoms with E-state index in [0.29, 0.717) is 11.6 Å². The van der Waals surface area contributed by atoms with Crippen molar-refractivity contribution in [3.63, 3.8) is 0 Å². The number of pyridine rings is 2. The highest BCUT2D eigenvalue weighted by molar-refractivity contribution is 6.05. The molecule has 0 spiro atoms. The van der Waals surface area contributed by atoms with E-state index in [1.165, 1.54) is 0 Å². The van der Waals surface area contributed by atoms with Gasteiger partial charge in [0.25, 0.3) is 5.91 Å². The topological polar surface area (TPSA) is 80.9 Å². The molecule has 3 N–H and O–H groups in total. The zero-order valence-electron chi connectivity index (χ0n) is 11.5. The molecular weight excluding hydrogens is 264 g/mol. The molecule has 2 aromatic heterocycles. The van der Waals surface area contributed by atoms with Gasteiger partial charge >= 0.3 is 0 Å². The Hall–Kier alpha value is -2.95. The molecule has 0 radical (unpaired) electrons. The molecule has 0 fully saturated rings. The Morgan fingerprint density at radius 3 is 2.81 bits per heavy atom. The van der Waals surface area contributed by atoms with Crippen LogP contribution in [-0.4, -0.2) is 15.9 Å². The van der Waals surface area contributed by atoms with Crippen molar-refractivity contribution in [2.24, 2.45) is 0 Å². The van der Waals surface area contributed by atoms with Crippen LogP contribution in [0.2, 0.25) is 0 Å². The molecule has 3 aromatic rings. The van der Waals surface area contributed by atoms with Gasteiger partial charge in [-0.3, -0.25) is 4.79 Å². The Bertz CT molecular complexity index is 829. The number of aromatic nitrogens is 2. The maximum Gasteiger partial charge on any atom is 0.275 e. The summed E-state index contributed by atoms with van der Waals surface area (Å²) in [4.78, 5) is 20.5. The van der Waals surface area contributed by atoms with E-state index in [0.717, 1.165) is 16.3 Å². The average Bonchev–Trinajstić information content (AvgIpc) is 2.47. The number of carbonyl (C=O) groups excluding carboxylic acids is 1. The summed E-state index contributed by atoms with van der Waals surface area (Å²) in [7, 11) is 0. The average molecular weight is 278 g/mol. The highest BCUT2D eigenvalue weighted by atomic mass is 16.1. The first kappa shape index (κ1) is 13.1. The summed E-state index contributed by atoms with van der Waals surface area (Å²) in [6, 6.07) is 12.9. The van der Waals surface area contributed by atoms with Crippen LogP contribution in [-0.2, 0) is 0 Å². The van der Waals surface area contributed by atoms with E-state index in [4.69, 9.17) is 5.73 Å². The highest BCUT2D eigenvalue weighted by Gasteiger charge is 2.11. The molecule has 0 aliphatic carbocycles. The molecule has 2 heterocycles. The van der Waals surface area contributed by atoms with Gasteiger partial charge in [0.05, 0.1) is 0 Å². The number of carbonyl (C=O) groups is 1. The molecule has 1 aromatic carbocycles. The molecule has 21 heavy (non-hydrogen) atoms. The van der Waals surface area contributed by atoms with Gasteiger partial charge in [0.15, 0.2) is 0 Å². The minimum atomic E-state index is -0.328. The first-order valence-corrected chi connectivity index (χ1v) is 6.53. The number of aryl methyl sites for hydroxylation is 1. The number of nitrogens with one attached hydrogen (secondary N) is 1. The lowest BCUT2D eigenvalue weighted by Gasteiger charge is -2.07. The standard InChI is InChI=1S/C16H14N4O/c1-10-6-7-18-14(8-10)20-16(21)13-9-11-4-2-3-5-12(11)15(17)19-13/h2-9H,1H3,(H2,17,19)(H,18,20,21). The van der Waals surface area contributed by atoms with Crippen molar-refractivity contribution in [1.82, 2.24) is 9.97 Å². The third-order valence-electron chi connectivity index (χ3n) is 3.16. The van der Waals surface area contributed by atoms with Gasteiger partial charge in [0, 0.05) is 11.6 Å². The summed E-state index contributed by atoms with van der Waals surface area (Å²) in [6.07, 6.45) is 1.65. The van der Waals surface area contributed by atoms with Gasteiger partial charge in [0.1, 0.15) is 17.3 Å². The summed E-state index contributed by atoms with van der Waals surface area (Å²) < 4.78 is 0. The lowest BCUT2D eigenvalue weighted by atomic mass is 10.1. The minimum Gasteiger partial charge on any atom is -0.383 e. The van der Waals surface area contributed by atoms with E-state index in [1.807, 2.05) is 37.3 Å². The predicted molar refractivity (Wildman–Crippen MR) is 83.1 cm³/mol. The van der Waals surface area contributed by atoms with Crippen LogP contribution in [0.4, 0.5) is 11.6 Å². The number of nitrogens with zero attached hydrogens (tertiary/aromatic N) is 2. The lowest BCUT2D eigenvalue weighted by Crippen LogP contribution is -2.15. The molecule has 0 atom stereocenters. The van der Waals surface area contributed by atoms with Gasteiger partial charge in [0.2, 0.25) is 0 Å². The number of nitrogen functional groups attached to an aromatic ring is 1. The highest BCUT2D eigenvalue weighted by Crippen LogP contribution is 2.20. The third-order valence-corrected chi connectivity index (χ3v) is 3.16. The number of hydrogen-bond acceptors (Lipinski definition) is 4. The number of fused-ring (bicyclic) bond motifs is 1. The normalized spacial score (nSPS) is 10.5. The van der Waals surface area contributed by atoms with Gasteiger partial charge in [-0.2, -0.15) is 0 Å². The van der Waals surface area contributed by atoms with Crippen LogP contribution >= 0.6 is 0 Å². The molecule has 0 bridgehead atoms. The molecular formula is C16H14N4O. The first-order valence-electron chi connectivity index (χ1n) is 6.53. The van der Waals surface area contributed by atoms with E-state index in [1.54, 1.807) is 18.3 Å². The molecule has 3 rings (SSSR count). The lowest BCUT2D eigenvalue weighted by molar-refractivity contribution is 0.102. The number of hydrogen-bond donors (Lipinski definition) is 2. The molecule has 1 amide bonds. The number of anilines is 2. The Morgan fingerprint density at radius 2 is 2.00 bits per heavy atom. The SMILES string of the molecule is Cc1ccnc(NC(=O)c2cc3ccccc3c(N)n2)c1. The van der Waals surface area contributed by atoms with Crippen LogP contribution < -0.4 is 11.1 Å². The second-order valence-corrected chi connectivity index (χ2v) is 4.79. The Balaban J connectivity index is 1.94. The second-order valence-electron chi connectivity index (χ2n) is 4.79. The summed E-state index contributed by atoms with van der Waals surface area (Å²) in [5.74, 6) is 0.509. The number of rotatable bonds is 2. The van der Waals surface area contributed by atoms with Gasteiger partial charge in [-0.15, -0.1) is 0 Å². The summed E-state index contributed by atoms with van der Waals surface area (Å²) >= 11 is 0. The number of amides is 1.